The third-order valence-corrected chi connectivity index (χ3v) is 11.6. The second kappa shape index (κ2) is 13.3. The molecule has 0 radical (unpaired) electrons. The smallest absolute Gasteiger partial charge is 0.164 e. The summed E-state index contributed by atoms with van der Waals surface area (Å²) in [4.78, 5) is 14.9. The first kappa shape index (κ1) is 32.2. The van der Waals surface area contributed by atoms with Crippen molar-refractivity contribution in [3.63, 3.8) is 0 Å². The highest BCUT2D eigenvalue weighted by molar-refractivity contribution is 7.26. The molecule has 0 aliphatic carbocycles. The summed E-state index contributed by atoms with van der Waals surface area (Å²) in [6.07, 6.45) is 0. The fourth-order valence-electron chi connectivity index (χ4n) is 7.88. The Morgan fingerprint density at radius 1 is 0.321 bits per heavy atom. The zero-order valence-corrected chi connectivity index (χ0v) is 30.9. The summed E-state index contributed by atoms with van der Waals surface area (Å²) in [6.45, 7) is 0. The van der Waals surface area contributed by atoms with E-state index in [0.717, 1.165) is 55.3 Å². The van der Waals surface area contributed by atoms with Crippen molar-refractivity contribution in [2.75, 3.05) is 0 Å². The summed E-state index contributed by atoms with van der Waals surface area (Å²) in [6, 6.07) is 65.7. The Labute approximate surface area is 327 Å². The Kier molecular flexibility index (Phi) is 7.64. The molecule has 3 heterocycles. The second-order valence-corrected chi connectivity index (χ2v) is 15.1. The molecule has 0 saturated heterocycles. The molecule has 11 rings (SSSR count). The van der Waals surface area contributed by atoms with E-state index < -0.39 is 0 Å². The minimum atomic E-state index is 0.624. The molecule has 8 aromatic carbocycles. The molecule has 0 N–H and O–H groups in total. The van der Waals surface area contributed by atoms with Crippen LogP contribution in [-0.4, -0.2) is 15.0 Å². The summed E-state index contributed by atoms with van der Waals surface area (Å²) in [5.74, 6) is 1.90. The molecule has 4 nitrogen and oxygen atoms in total. The fourth-order valence-corrected chi connectivity index (χ4v) is 9.05. The Bertz CT molecular complexity index is 3180. The number of fused-ring (bicyclic) bond motifs is 6. The van der Waals surface area contributed by atoms with Crippen molar-refractivity contribution >= 4 is 53.4 Å². The van der Waals surface area contributed by atoms with Crippen LogP contribution in [0.1, 0.15) is 0 Å². The second-order valence-electron chi connectivity index (χ2n) is 14.0. The molecular weight excluding hydrogens is 703 g/mol. The van der Waals surface area contributed by atoms with Gasteiger partial charge in [0, 0.05) is 47.6 Å². The average molecular weight is 734 g/mol. The normalized spacial score (nSPS) is 11.6. The van der Waals surface area contributed by atoms with E-state index >= 15 is 0 Å². The van der Waals surface area contributed by atoms with Crippen molar-refractivity contribution in [3.8, 4) is 67.5 Å². The molecule has 0 bridgehead atoms. The highest BCUT2D eigenvalue weighted by Gasteiger charge is 2.18. The zero-order valence-electron chi connectivity index (χ0n) is 30.1. The van der Waals surface area contributed by atoms with Gasteiger partial charge >= 0.3 is 0 Å². The van der Waals surface area contributed by atoms with Crippen LogP contribution < -0.4 is 0 Å². The van der Waals surface area contributed by atoms with Gasteiger partial charge in [0.2, 0.25) is 0 Å². The van der Waals surface area contributed by atoms with Crippen molar-refractivity contribution in [2.45, 2.75) is 0 Å². The lowest BCUT2D eigenvalue weighted by atomic mass is 9.94. The number of hydrogen-bond donors (Lipinski definition) is 0. The molecule has 0 saturated carbocycles. The Balaban J connectivity index is 1.03. The molecule has 0 fully saturated rings. The van der Waals surface area contributed by atoms with Crippen molar-refractivity contribution in [3.05, 3.63) is 188 Å². The Hall–Kier alpha value is -7.21. The number of thiophene rings is 1. The summed E-state index contributed by atoms with van der Waals surface area (Å²) < 4.78 is 9.21. The van der Waals surface area contributed by atoms with Gasteiger partial charge in [-0.1, -0.05) is 146 Å². The van der Waals surface area contributed by atoms with Gasteiger partial charge in [0.1, 0.15) is 11.2 Å². The third kappa shape index (κ3) is 5.56. The van der Waals surface area contributed by atoms with Crippen LogP contribution >= 0.6 is 11.3 Å². The van der Waals surface area contributed by atoms with E-state index in [-0.39, 0.29) is 0 Å². The average Bonchev–Trinajstić information content (AvgIpc) is 3.85. The number of furan rings is 1. The van der Waals surface area contributed by atoms with E-state index in [9.17, 15) is 0 Å². The Morgan fingerprint density at radius 3 is 1.66 bits per heavy atom. The van der Waals surface area contributed by atoms with Crippen molar-refractivity contribution in [2.24, 2.45) is 0 Å². The van der Waals surface area contributed by atoms with E-state index in [1.807, 2.05) is 72.0 Å². The van der Waals surface area contributed by atoms with Crippen molar-refractivity contribution in [1.29, 1.82) is 0 Å². The van der Waals surface area contributed by atoms with Gasteiger partial charge in [0.15, 0.2) is 17.5 Å². The quantitative estimate of drug-likeness (QED) is 0.171. The molecule has 0 unspecified atom stereocenters. The summed E-state index contributed by atoms with van der Waals surface area (Å²) in [7, 11) is 0. The maximum absolute atomic E-state index is 6.64. The van der Waals surface area contributed by atoms with Gasteiger partial charge in [0.05, 0.1) is 0 Å². The number of benzene rings is 8. The highest BCUT2D eigenvalue weighted by Crippen LogP contribution is 2.44. The first-order chi connectivity index (χ1) is 27.7. The van der Waals surface area contributed by atoms with Crippen molar-refractivity contribution < 1.29 is 4.42 Å². The minimum Gasteiger partial charge on any atom is -0.456 e. The zero-order chi connectivity index (χ0) is 37.0. The van der Waals surface area contributed by atoms with Gasteiger partial charge in [0.25, 0.3) is 0 Å². The van der Waals surface area contributed by atoms with E-state index in [2.05, 4.69) is 127 Å². The molecule has 3 aromatic heterocycles. The maximum Gasteiger partial charge on any atom is 0.164 e. The first-order valence-electron chi connectivity index (χ1n) is 18.7. The minimum absolute atomic E-state index is 0.624. The van der Waals surface area contributed by atoms with Gasteiger partial charge in [-0.15, -0.1) is 11.3 Å². The van der Waals surface area contributed by atoms with Gasteiger partial charge in [-0.25, -0.2) is 15.0 Å². The predicted octanol–water partition coefficient (Wildman–Crippen LogP) is 14.1. The highest BCUT2D eigenvalue weighted by atomic mass is 32.1. The topological polar surface area (TPSA) is 51.8 Å². The monoisotopic (exact) mass is 733 g/mol. The van der Waals surface area contributed by atoms with Crippen LogP contribution in [0.15, 0.2) is 192 Å². The van der Waals surface area contributed by atoms with Crippen molar-refractivity contribution in [1.82, 2.24) is 15.0 Å². The molecule has 0 spiro atoms. The predicted molar refractivity (Wildman–Crippen MR) is 233 cm³/mol. The maximum atomic E-state index is 6.64. The summed E-state index contributed by atoms with van der Waals surface area (Å²) in [5.41, 5.74) is 11.4. The fraction of sp³-hybridized carbons (Fsp3) is 0. The number of hydrogen-bond acceptors (Lipinski definition) is 5. The lowest BCUT2D eigenvalue weighted by Crippen LogP contribution is -2.00. The third-order valence-electron chi connectivity index (χ3n) is 10.5. The molecule has 0 amide bonds. The van der Waals surface area contributed by atoms with Crippen LogP contribution in [0.5, 0.6) is 0 Å². The van der Waals surface area contributed by atoms with Gasteiger partial charge in [-0.05, 0) is 75.8 Å². The molecule has 0 aliphatic rings. The molecule has 5 heteroatoms. The van der Waals surface area contributed by atoms with Crippen LogP contribution in [0.4, 0.5) is 0 Å². The molecule has 0 aliphatic heterocycles. The van der Waals surface area contributed by atoms with Gasteiger partial charge in [-0.3, -0.25) is 0 Å². The van der Waals surface area contributed by atoms with Crippen LogP contribution in [0.2, 0.25) is 0 Å². The number of aromatic nitrogens is 3. The molecule has 11 aromatic rings. The summed E-state index contributed by atoms with van der Waals surface area (Å²) >= 11 is 1.85. The SMILES string of the molecule is c1ccc(-c2nc(-c3ccccc3)nc(-c3cccc(-c4cccc5oc6cc(-c7cc(-c8ccccc8)c8c(c7)sc7ccccc78)ccc6c45)c3)n2)cc1. The molecule has 0 atom stereocenters. The van der Waals surface area contributed by atoms with Gasteiger partial charge < -0.3 is 4.42 Å². The van der Waals surface area contributed by atoms with E-state index in [1.165, 1.54) is 36.9 Å². The first-order valence-corrected chi connectivity index (χ1v) is 19.5. The number of rotatable bonds is 6. The number of nitrogens with zero attached hydrogens (tertiary/aromatic N) is 3. The van der Waals surface area contributed by atoms with Gasteiger partial charge in [-0.2, -0.15) is 0 Å². The Morgan fingerprint density at radius 2 is 0.929 bits per heavy atom. The lowest BCUT2D eigenvalue weighted by Gasteiger charge is -2.10. The molecule has 56 heavy (non-hydrogen) atoms. The van der Waals surface area contributed by atoms with Crippen LogP contribution in [0, 0.1) is 0 Å². The van der Waals surface area contributed by atoms with E-state index in [1.54, 1.807) is 0 Å². The van der Waals surface area contributed by atoms with E-state index in [4.69, 9.17) is 19.4 Å². The van der Waals surface area contributed by atoms with Crippen LogP contribution in [-0.2, 0) is 0 Å². The summed E-state index contributed by atoms with van der Waals surface area (Å²) in [5, 5.41) is 4.77. The standard InChI is InChI=1S/C51H31N3OS/c1-4-14-32(15-5-1)42-29-38(31-46-48(42)41-22-10-11-25-45(41)56-46)35-26-27-40-44(30-35)55-43-24-13-23-39(47(40)43)36-20-12-21-37(28-36)51-53-49(33-16-6-2-7-17-33)52-50(54-51)34-18-8-3-9-19-34/h1-31H. The molecule has 262 valence electrons. The lowest BCUT2D eigenvalue weighted by molar-refractivity contribution is 0.669. The largest absolute Gasteiger partial charge is 0.456 e. The molecular formula is C51H31N3OS. The van der Waals surface area contributed by atoms with Crippen LogP contribution in [0.3, 0.4) is 0 Å². The van der Waals surface area contributed by atoms with E-state index in [0.29, 0.717) is 17.5 Å². The van der Waals surface area contributed by atoms with Crippen LogP contribution in [0.25, 0.3) is 110 Å².